The van der Waals surface area contributed by atoms with Crippen LogP contribution in [0.25, 0.3) is 0 Å². The number of benzene rings is 1. The van der Waals surface area contributed by atoms with E-state index in [-0.39, 0.29) is 21.3 Å². The van der Waals surface area contributed by atoms with Gasteiger partial charge in [0.2, 0.25) is 0 Å². The van der Waals surface area contributed by atoms with Gasteiger partial charge in [-0.25, -0.2) is 18.2 Å². The topological polar surface area (TPSA) is 135 Å². The van der Waals surface area contributed by atoms with Crippen LogP contribution in [0, 0.1) is 0 Å². The summed E-state index contributed by atoms with van der Waals surface area (Å²) in [5.74, 6) is -1.88. The number of pyridine rings is 1. The molecule has 1 aromatic carbocycles. The Morgan fingerprint density at radius 2 is 2.00 bits per heavy atom. The van der Waals surface area contributed by atoms with Crippen molar-refractivity contribution in [3.63, 3.8) is 0 Å². The Morgan fingerprint density at radius 3 is 2.63 bits per heavy atom. The lowest BCUT2D eigenvalue weighted by Gasteiger charge is -2.10. The van der Waals surface area contributed by atoms with Crippen LogP contribution in [0.5, 0.6) is 5.75 Å². The smallest absolute Gasteiger partial charge is 0.342 e. The Kier molecular flexibility index (Phi) is 6.55. The number of thiophene rings is 1. The predicted molar refractivity (Wildman–Crippen MR) is 111 cm³/mol. The highest BCUT2D eigenvalue weighted by Gasteiger charge is 2.19. The van der Waals surface area contributed by atoms with Gasteiger partial charge in [0.15, 0.2) is 6.61 Å². The number of esters is 1. The van der Waals surface area contributed by atoms with Crippen molar-refractivity contribution in [2.75, 3.05) is 16.6 Å². The van der Waals surface area contributed by atoms with E-state index in [1.165, 1.54) is 36.5 Å². The highest BCUT2D eigenvalue weighted by molar-refractivity contribution is 7.94. The fraction of sp³-hybridized carbons (Fsp3) is 0.0556. The third-order valence-corrected chi connectivity index (χ3v) is 6.56. The maximum Gasteiger partial charge on any atom is 0.342 e. The normalized spacial score (nSPS) is 11.0. The van der Waals surface area contributed by atoms with Crippen molar-refractivity contribution in [3.8, 4) is 5.75 Å². The maximum absolute atomic E-state index is 12.2. The average Bonchev–Trinajstić information content (AvgIpc) is 3.24. The van der Waals surface area contributed by atoms with Crippen LogP contribution in [0.3, 0.4) is 0 Å². The molecular formula is C18H14ClN3O6S2. The van der Waals surface area contributed by atoms with Crippen molar-refractivity contribution in [2.45, 2.75) is 4.21 Å². The van der Waals surface area contributed by atoms with Gasteiger partial charge in [0.25, 0.3) is 15.9 Å². The minimum Gasteiger partial charge on any atom is -0.507 e. The number of amides is 1. The molecule has 0 aliphatic carbocycles. The van der Waals surface area contributed by atoms with Gasteiger partial charge in [-0.1, -0.05) is 17.7 Å². The van der Waals surface area contributed by atoms with Crippen molar-refractivity contribution >= 4 is 56.3 Å². The number of phenols is 1. The summed E-state index contributed by atoms with van der Waals surface area (Å²) in [5, 5.41) is 14.5. The van der Waals surface area contributed by atoms with Gasteiger partial charge in [0.1, 0.15) is 21.3 Å². The molecule has 0 aliphatic rings. The zero-order valence-corrected chi connectivity index (χ0v) is 17.4. The number of aromatic nitrogens is 1. The van der Waals surface area contributed by atoms with Crippen LogP contribution in [0.4, 0.5) is 11.5 Å². The molecule has 0 aliphatic heterocycles. The van der Waals surface area contributed by atoms with E-state index in [0.717, 1.165) is 17.4 Å². The largest absolute Gasteiger partial charge is 0.507 e. The molecule has 0 fully saturated rings. The number of anilines is 2. The van der Waals surface area contributed by atoms with E-state index in [9.17, 15) is 23.1 Å². The van der Waals surface area contributed by atoms with Crippen LogP contribution in [0.2, 0.25) is 5.02 Å². The van der Waals surface area contributed by atoms with Gasteiger partial charge in [0, 0.05) is 12.3 Å². The molecule has 156 valence electrons. The zero-order chi connectivity index (χ0) is 21.7. The number of ether oxygens (including phenoxy) is 1. The Bertz CT molecular complexity index is 1170. The molecule has 0 bridgehead atoms. The fourth-order valence-corrected chi connectivity index (χ4v) is 4.38. The van der Waals surface area contributed by atoms with Crippen LogP contribution in [0.15, 0.2) is 58.3 Å². The first-order valence-electron chi connectivity index (χ1n) is 8.22. The lowest BCUT2D eigenvalue weighted by molar-refractivity contribution is -0.119. The summed E-state index contributed by atoms with van der Waals surface area (Å²) in [7, 11) is -3.80. The number of carbonyl (C=O) groups excluding carboxylic acids is 2. The second kappa shape index (κ2) is 9.11. The van der Waals surface area contributed by atoms with Crippen LogP contribution >= 0.6 is 22.9 Å². The second-order valence-electron chi connectivity index (χ2n) is 5.76. The zero-order valence-electron chi connectivity index (χ0n) is 15.0. The lowest BCUT2D eigenvalue weighted by atomic mass is 10.2. The van der Waals surface area contributed by atoms with E-state index in [2.05, 4.69) is 15.0 Å². The summed E-state index contributed by atoms with van der Waals surface area (Å²) < 4.78 is 31.7. The van der Waals surface area contributed by atoms with Crippen LogP contribution < -0.4 is 10.0 Å². The van der Waals surface area contributed by atoms with Gasteiger partial charge in [-0.3, -0.25) is 9.52 Å². The van der Waals surface area contributed by atoms with Crippen molar-refractivity contribution in [3.05, 3.63) is 64.6 Å². The average molecular weight is 468 g/mol. The molecule has 3 rings (SSSR count). The number of aromatic hydroxyl groups is 1. The fourth-order valence-electron chi connectivity index (χ4n) is 2.23. The number of halogens is 1. The molecule has 0 atom stereocenters. The molecule has 0 unspecified atom stereocenters. The third-order valence-electron chi connectivity index (χ3n) is 3.56. The summed E-state index contributed by atoms with van der Waals surface area (Å²) in [6, 6.07) is 9.58. The molecule has 3 N–H and O–H groups in total. The summed E-state index contributed by atoms with van der Waals surface area (Å²) in [4.78, 5) is 27.8. The van der Waals surface area contributed by atoms with Crippen LogP contribution in [0.1, 0.15) is 10.4 Å². The van der Waals surface area contributed by atoms with E-state index in [1.807, 2.05) is 0 Å². The molecule has 1 amide bonds. The van der Waals surface area contributed by atoms with Gasteiger partial charge < -0.3 is 15.2 Å². The quantitative estimate of drug-likeness (QED) is 0.454. The molecule has 0 spiro atoms. The number of rotatable bonds is 7. The summed E-state index contributed by atoms with van der Waals surface area (Å²) >= 11 is 6.74. The Balaban J connectivity index is 1.59. The Morgan fingerprint density at radius 1 is 1.20 bits per heavy atom. The predicted octanol–water partition coefficient (Wildman–Crippen LogP) is 3.10. The summed E-state index contributed by atoms with van der Waals surface area (Å²) in [6.07, 6.45) is 1.34. The van der Waals surface area contributed by atoms with E-state index in [4.69, 9.17) is 16.3 Å². The molecule has 2 aromatic heterocycles. The van der Waals surface area contributed by atoms with E-state index >= 15 is 0 Å². The molecule has 2 heterocycles. The van der Waals surface area contributed by atoms with Gasteiger partial charge in [-0.05, 0) is 35.7 Å². The van der Waals surface area contributed by atoms with Crippen molar-refractivity contribution < 1.29 is 27.9 Å². The molecule has 30 heavy (non-hydrogen) atoms. The van der Waals surface area contributed by atoms with Crippen molar-refractivity contribution in [1.29, 1.82) is 0 Å². The molecule has 0 saturated carbocycles. The van der Waals surface area contributed by atoms with Crippen molar-refractivity contribution in [2.24, 2.45) is 0 Å². The second-order valence-corrected chi connectivity index (χ2v) is 9.05. The minimum atomic E-state index is -3.80. The standard InChI is InChI=1S/C18H14ClN3O6S2/c19-11-3-6-15(20-9-11)21-16(24)10-28-18(25)13-5-4-12(8-14(13)23)22-30(26,27)17-2-1-7-29-17/h1-9,22-23H,10H2,(H,20,21,24). The number of hydrogen-bond acceptors (Lipinski definition) is 8. The number of carbonyl (C=O) groups is 2. The van der Waals surface area contributed by atoms with Gasteiger partial charge in [0.05, 0.1) is 10.7 Å². The van der Waals surface area contributed by atoms with E-state index in [0.29, 0.717) is 5.02 Å². The third kappa shape index (κ3) is 5.47. The number of hydrogen-bond donors (Lipinski definition) is 3. The first-order valence-corrected chi connectivity index (χ1v) is 11.0. The first kappa shape index (κ1) is 21.6. The van der Waals surface area contributed by atoms with Gasteiger partial charge in [-0.15, -0.1) is 11.3 Å². The maximum atomic E-state index is 12.2. The van der Waals surface area contributed by atoms with Crippen molar-refractivity contribution in [1.82, 2.24) is 4.98 Å². The Labute approximate surface area is 180 Å². The lowest BCUT2D eigenvalue weighted by Crippen LogP contribution is -2.21. The summed E-state index contributed by atoms with van der Waals surface area (Å²) in [5.41, 5.74) is -0.171. The minimum absolute atomic E-state index is 0.0593. The first-order chi connectivity index (χ1) is 14.2. The molecule has 0 saturated heterocycles. The van der Waals surface area contributed by atoms with Gasteiger partial charge >= 0.3 is 5.97 Å². The highest BCUT2D eigenvalue weighted by Crippen LogP contribution is 2.26. The number of nitrogens with one attached hydrogen (secondary N) is 2. The Hall–Kier alpha value is -3.15. The monoisotopic (exact) mass is 467 g/mol. The summed E-state index contributed by atoms with van der Waals surface area (Å²) in [6.45, 7) is -0.616. The van der Waals surface area contributed by atoms with Crippen LogP contribution in [-0.4, -0.2) is 37.0 Å². The van der Waals surface area contributed by atoms with E-state index in [1.54, 1.807) is 11.4 Å². The highest BCUT2D eigenvalue weighted by atomic mass is 35.5. The van der Waals surface area contributed by atoms with Gasteiger partial charge in [-0.2, -0.15) is 0 Å². The molecule has 3 aromatic rings. The number of nitrogens with zero attached hydrogens (tertiary/aromatic N) is 1. The van der Waals surface area contributed by atoms with E-state index < -0.39 is 34.3 Å². The number of phenolic OH excluding ortho intramolecular Hbond substituents is 1. The molecule has 0 radical (unpaired) electrons. The number of sulfonamides is 1. The van der Waals surface area contributed by atoms with Crippen LogP contribution in [-0.2, 0) is 19.6 Å². The SMILES string of the molecule is O=C(COC(=O)c1ccc(NS(=O)(=O)c2cccs2)cc1O)Nc1ccc(Cl)cn1. The molecule has 12 heteroatoms. The molecule has 9 nitrogen and oxygen atoms in total. The molecular weight excluding hydrogens is 454 g/mol.